The van der Waals surface area contributed by atoms with Gasteiger partial charge in [-0.25, -0.2) is 0 Å². The van der Waals surface area contributed by atoms with Gasteiger partial charge in [0.2, 0.25) is 5.91 Å². The second-order valence-corrected chi connectivity index (χ2v) is 4.29. The summed E-state index contributed by atoms with van der Waals surface area (Å²) in [7, 11) is 0. The molecule has 0 saturated carbocycles. The third-order valence-electron chi connectivity index (χ3n) is 2.52. The third-order valence-corrected chi connectivity index (χ3v) is 2.52. The second-order valence-electron chi connectivity index (χ2n) is 4.29. The van der Waals surface area contributed by atoms with Crippen molar-refractivity contribution in [2.75, 3.05) is 6.61 Å². The molecule has 0 spiro atoms. The number of carboxylic acids is 1. The minimum absolute atomic E-state index is 0.454. The molecule has 2 N–H and O–H groups in total. The van der Waals surface area contributed by atoms with E-state index in [9.17, 15) is 9.59 Å². The Kier molecular flexibility index (Phi) is 6.29. The molecule has 0 fully saturated rings. The SMILES string of the molecule is CCCOc1ccccc1/C=C/C(=O)NC(C)C(=O)O. The number of amides is 1. The molecule has 5 heteroatoms. The lowest BCUT2D eigenvalue weighted by atomic mass is 10.2. The molecule has 0 bridgehead atoms. The van der Waals surface area contributed by atoms with Crippen LogP contribution in [0.4, 0.5) is 0 Å². The summed E-state index contributed by atoms with van der Waals surface area (Å²) < 4.78 is 5.56. The monoisotopic (exact) mass is 277 g/mol. The molecule has 0 radical (unpaired) electrons. The number of carbonyl (C=O) groups excluding carboxylic acids is 1. The third kappa shape index (κ3) is 5.14. The fraction of sp³-hybridized carbons (Fsp3) is 0.333. The molecule has 5 nitrogen and oxygen atoms in total. The van der Waals surface area contributed by atoms with Crippen LogP contribution in [0.2, 0.25) is 0 Å². The average molecular weight is 277 g/mol. The van der Waals surface area contributed by atoms with Crippen LogP contribution in [0.3, 0.4) is 0 Å². The number of hydrogen-bond donors (Lipinski definition) is 2. The van der Waals surface area contributed by atoms with Crippen LogP contribution in [0.1, 0.15) is 25.8 Å². The maximum absolute atomic E-state index is 11.6. The fourth-order valence-electron chi connectivity index (χ4n) is 1.45. The van der Waals surface area contributed by atoms with E-state index in [0.29, 0.717) is 12.4 Å². The van der Waals surface area contributed by atoms with Crippen molar-refractivity contribution in [2.24, 2.45) is 0 Å². The minimum atomic E-state index is -1.07. The van der Waals surface area contributed by atoms with Crippen molar-refractivity contribution in [3.8, 4) is 5.75 Å². The van der Waals surface area contributed by atoms with E-state index in [0.717, 1.165) is 12.0 Å². The molecule has 108 valence electrons. The molecule has 1 aromatic rings. The van der Waals surface area contributed by atoms with Gasteiger partial charge in [0.1, 0.15) is 11.8 Å². The Labute approximate surface area is 118 Å². The molecule has 1 atom stereocenters. The Bertz CT molecular complexity index is 496. The normalized spacial score (nSPS) is 12.1. The van der Waals surface area contributed by atoms with E-state index >= 15 is 0 Å². The van der Waals surface area contributed by atoms with Gasteiger partial charge in [0, 0.05) is 11.6 Å². The number of aliphatic carboxylic acids is 1. The van der Waals surface area contributed by atoms with Crippen LogP contribution in [-0.4, -0.2) is 29.6 Å². The highest BCUT2D eigenvalue weighted by atomic mass is 16.5. The summed E-state index contributed by atoms with van der Waals surface area (Å²) in [5, 5.41) is 11.0. The summed E-state index contributed by atoms with van der Waals surface area (Å²) in [4.78, 5) is 22.2. The highest BCUT2D eigenvalue weighted by Crippen LogP contribution is 2.19. The van der Waals surface area contributed by atoms with E-state index in [1.54, 1.807) is 6.08 Å². The quantitative estimate of drug-likeness (QED) is 0.748. The number of para-hydroxylation sites is 1. The Morgan fingerprint density at radius 1 is 1.40 bits per heavy atom. The lowest BCUT2D eigenvalue weighted by Crippen LogP contribution is -2.37. The van der Waals surface area contributed by atoms with Gasteiger partial charge in [-0.2, -0.15) is 0 Å². The summed E-state index contributed by atoms with van der Waals surface area (Å²) >= 11 is 0. The molecule has 0 aliphatic rings. The molecular weight excluding hydrogens is 258 g/mol. The van der Waals surface area contributed by atoms with Crippen LogP contribution in [-0.2, 0) is 9.59 Å². The van der Waals surface area contributed by atoms with Gasteiger partial charge in [-0.3, -0.25) is 9.59 Å². The number of carbonyl (C=O) groups is 2. The summed E-state index contributed by atoms with van der Waals surface area (Å²) in [5.74, 6) is -0.826. The van der Waals surface area contributed by atoms with Gasteiger partial charge in [-0.15, -0.1) is 0 Å². The first-order valence-electron chi connectivity index (χ1n) is 6.47. The maximum Gasteiger partial charge on any atom is 0.325 e. The number of nitrogens with one attached hydrogen (secondary N) is 1. The zero-order chi connectivity index (χ0) is 15.0. The zero-order valence-corrected chi connectivity index (χ0v) is 11.6. The largest absolute Gasteiger partial charge is 0.493 e. The molecule has 0 saturated heterocycles. The smallest absolute Gasteiger partial charge is 0.325 e. The van der Waals surface area contributed by atoms with Crippen molar-refractivity contribution in [3.63, 3.8) is 0 Å². The molecule has 1 aromatic carbocycles. The van der Waals surface area contributed by atoms with Gasteiger partial charge >= 0.3 is 5.97 Å². The van der Waals surface area contributed by atoms with E-state index < -0.39 is 17.9 Å². The van der Waals surface area contributed by atoms with Crippen molar-refractivity contribution < 1.29 is 19.4 Å². The summed E-state index contributed by atoms with van der Waals surface area (Å²) in [6, 6.07) is 6.44. The lowest BCUT2D eigenvalue weighted by Gasteiger charge is -2.08. The molecule has 0 heterocycles. The van der Waals surface area contributed by atoms with E-state index in [1.807, 2.05) is 31.2 Å². The number of carboxylic acid groups (broad SMARTS) is 1. The molecule has 20 heavy (non-hydrogen) atoms. The van der Waals surface area contributed by atoms with Crippen LogP contribution >= 0.6 is 0 Å². The Morgan fingerprint density at radius 2 is 2.10 bits per heavy atom. The van der Waals surface area contributed by atoms with Crippen LogP contribution in [0.5, 0.6) is 5.75 Å². The highest BCUT2D eigenvalue weighted by Gasteiger charge is 2.11. The lowest BCUT2D eigenvalue weighted by molar-refractivity contribution is -0.140. The van der Waals surface area contributed by atoms with Gasteiger partial charge < -0.3 is 15.2 Å². The van der Waals surface area contributed by atoms with E-state index in [4.69, 9.17) is 9.84 Å². The fourth-order valence-corrected chi connectivity index (χ4v) is 1.45. The van der Waals surface area contributed by atoms with Crippen molar-refractivity contribution in [1.29, 1.82) is 0 Å². The van der Waals surface area contributed by atoms with E-state index in [2.05, 4.69) is 5.32 Å². The minimum Gasteiger partial charge on any atom is -0.493 e. The molecule has 1 amide bonds. The average Bonchev–Trinajstić information content (AvgIpc) is 2.43. The van der Waals surface area contributed by atoms with Crippen LogP contribution in [0, 0.1) is 0 Å². The first-order valence-corrected chi connectivity index (χ1v) is 6.47. The molecular formula is C15H19NO4. The van der Waals surface area contributed by atoms with Gasteiger partial charge in [-0.1, -0.05) is 25.1 Å². The van der Waals surface area contributed by atoms with Gasteiger partial charge in [0.05, 0.1) is 6.61 Å². The summed E-state index contributed by atoms with van der Waals surface area (Å²) in [6.45, 7) is 4.03. The summed E-state index contributed by atoms with van der Waals surface area (Å²) in [6.07, 6.45) is 3.80. The van der Waals surface area contributed by atoms with Crippen molar-refractivity contribution in [1.82, 2.24) is 5.32 Å². The topological polar surface area (TPSA) is 75.6 Å². The molecule has 1 unspecified atom stereocenters. The van der Waals surface area contributed by atoms with Gasteiger partial charge in [0.15, 0.2) is 0 Å². The van der Waals surface area contributed by atoms with Crippen LogP contribution in [0.25, 0.3) is 6.08 Å². The summed E-state index contributed by atoms with van der Waals surface area (Å²) in [5.41, 5.74) is 0.777. The predicted octanol–water partition coefficient (Wildman–Crippen LogP) is 2.08. The molecule has 0 aromatic heterocycles. The van der Waals surface area contributed by atoms with E-state index in [1.165, 1.54) is 13.0 Å². The van der Waals surface area contributed by atoms with Gasteiger partial charge in [-0.05, 0) is 25.5 Å². The van der Waals surface area contributed by atoms with Crippen molar-refractivity contribution >= 4 is 18.0 Å². The van der Waals surface area contributed by atoms with Crippen LogP contribution < -0.4 is 10.1 Å². The van der Waals surface area contributed by atoms with Crippen molar-refractivity contribution in [3.05, 3.63) is 35.9 Å². The Balaban J connectivity index is 2.69. The number of hydrogen-bond acceptors (Lipinski definition) is 3. The molecule has 0 aliphatic carbocycles. The first-order chi connectivity index (χ1) is 9.54. The number of benzene rings is 1. The second kappa shape index (κ2) is 7.99. The predicted molar refractivity (Wildman–Crippen MR) is 76.5 cm³/mol. The maximum atomic E-state index is 11.6. The van der Waals surface area contributed by atoms with Crippen LogP contribution in [0.15, 0.2) is 30.3 Å². The first kappa shape index (κ1) is 15.8. The Hall–Kier alpha value is -2.30. The van der Waals surface area contributed by atoms with Gasteiger partial charge in [0.25, 0.3) is 0 Å². The zero-order valence-electron chi connectivity index (χ0n) is 11.6. The Morgan fingerprint density at radius 3 is 2.75 bits per heavy atom. The number of ether oxygens (including phenoxy) is 1. The number of rotatable bonds is 7. The highest BCUT2D eigenvalue weighted by molar-refractivity contribution is 5.94. The van der Waals surface area contributed by atoms with E-state index in [-0.39, 0.29) is 0 Å². The van der Waals surface area contributed by atoms with Crippen molar-refractivity contribution in [2.45, 2.75) is 26.3 Å². The molecule has 0 aliphatic heterocycles. The standard InChI is InChI=1S/C15H19NO4/c1-3-10-20-13-7-5-4-6-12(13)8-9-14(17)16-11(2)15(18)19/h4-9,11H,3,10H2,1-2H3,(H,16,17)(H,18,19)/b9-8+. The molecule has 1 rings (SSSR count).